The fourth-order valence-electron chi connectivity index (χ4n) is 1.88. The maximum atomic E-state index is 10.7. The Morgan fingerprint density at radius 1 is 0.415 bits per heavy atom. The molecule has 0 bridgehead atoms. The van der Waals surface area contributed by atoms with E-state index in [0.29, 0.717) is 0 Å². The first kappa shape index (κ1) is 57.0. The predicted octanol–water partition coefficient (Wildman–Crippen LogP) is 5.02. The summed E-state index contributed by atoms with van der Waals surface area (Å²) in [6, 6.07) is 11.6. The molecule has 2 aromatic rings. The monoisotopic (exact) mass is 1050 g/mol. The zero-order chi connectivity index (χ0) is 41.9. The Hall–Kier alpha value is -2.77. The predicted molar refractivity (Wildman–Crippen MR) is 147 cm³/mol. The number of nitrogens with zero attached hydrogens (tertiary/aromatic N) is 2. The second-order valence-electron chi connectivity index (χ2n) is 8.13. The fraction of sp³-hybridized carbons (Fsp3) is 0.364. The summed E-state index contributed by atoms with van der Waals surface area (Å²) in [5.74, 6) is 0. The number of aromatic nitrogens is 2. The van der Waals surface area contributed by atoms with E-state index < -0.39 is 62.5 Å². The summed E-state index contributed by atoms with van der Waals surface area (Å²) >= 11 is 0. The average molecular weight is 1050 g/mol. The fourth-order valence-corrected chi connectivity index (χ4v) is 1.88. The van der Waals surface area contributed by atoms with Crippen LogP contribution in [0.3, 0.4) is 0 Å². The maximum absolute atomic E-state index is 10.7. The van der Waals surface area contributed by atoms with E-state index in [1.807, 2.05) is 36.4 Å². The van der Waals surface area contributed by atoms with Crippen molar-refractivity contribution >= 4 is 40.5 Å². The molecule has 2 aromatic heterocycles. The molecule has 0 aromatic carbocycles. The summed E-state index contributed by atoms with van der Waals surface area (Å²) < 4.78 is 236. The van der Waals surface area contributed by atoms with Crippen LogP contribution in [0.1, 0.15) is 25.7 Å². The molecule has 0 unspecified atom stereocenters. The van der Waals surface area contributed by atoms with Crippen molar-refractivity contribution in [1.82, 2.24) is 9.97 Å². The van der Waals surface area contributed by atoms with Gasteiger partial charge < -0.3 is 18.2 Å². The van der Waals surface area contributed by atoms with Crippen LogP contribution in [0, 0.1) is 0 Å². The van der Waals surface area contributed by atoms with Crippen LogP contribution in [0.15, 0.2) is 73.1 Å². The molecule has 1 aliphatic carbocycles. The Kier molecular flexibility index (Phi) is 25.7. The normalized spacial score (nSPS) is 14.9. The van der Waals surface area contributed by atoms with Crippen LogP contribution in [0.25, 0.3) is 11.4 Å². The number of allylic oxidation sites excluding steroid dienone is 4. The molecule has 0 spiro atoms. The Bertz CT molecular complexity index is 1590. The van der Waals surface area contributed by atoms with Crippen LogP contribution < -0.4 is 0 Å². The first-order valence-corrected chi connectivity index (χ1v) is 17.8. The second kappa shape index (κ2) is 23.9. The molecular weight excluding hydrogens is 1030 g/mol. The van der Waals surface area contributed by atoms with Gasteiger partial charge in [-0.1, -0.05) is 36.4 Å². The first-order chi connectivity index (χ1) is 23.0. The zero-order valence-corrected chi connectivity index (χ0v) is 30.7. The SMILES string of the molecule is C1=C\CC/C=C\CC/1.O=S(=O)([O-])C(F)(F)F.O=S(=O)([O-])C(F)(F)F.O=S(=O)([O-])C(F)(F)F.O=S(=O)([O-])C(F)(F)F.[Ir+4].c1ccc(-c2ccccn2)nc1. The summed E-state index contributed by atoms with van der Waals surface area (Å²) in [5, 5.41) is 0. The summed E-state index contributed by atoms with van der Waals surface area (Å²) in [6.07, 6.45) is 17.5. The van der Waals surface area contributed by atoms with E-state index >= 15 is 0 Å². The number of alkyl halides is 12. The van der Waals surface area contributed by atoms with Gasteiger partial charge in [0.1, 0.15) is 0 Å². The third kappa shape index (κ3) is 29.3. The van der Waals surface area contributed by atoms with Crippen LogP contribution >= 0.6 is 0 Å². The van der Waals surface area contributed by atoms with Gasteiger partial charge in [-0.05, 0) is 49.9 Å². The van der Waals surface area contributed by atoms with Crippen LogP contribution in [0.2, 0.25) is 0 Å². The van der Waals surface area contributed by atoms with E-state index in [0.717, 1.165) is 11.4 Å². The quantitative estimate of drug-likeness (QED) is 0.157. The van der Waals surface area contributed by atoms with Gasteiger partial charge in [-0.15, -0.1) is 0 Å². The molecular formula is C22H20F12IrN2O12S4. The van der Waals surface area contributed by atoms with Crippen molar-refractivity contribution < 1.29 is 125 Å². The zero-order valence-electron chi connectivity index (χ0n) is 25.1. The molecule has 53 heavy (non-hydrogen) atoms. The molecule has 0 saturated carbocycles. The van der Waals surface area contributed by atoms with Crippen molar-refractivity contribution in [3.05, 3.63) is 73.1 Å². The smallest absolute Gasteiger partial charge is 0.741 e. The molecule has 307 valence electrons. The number of hydrogen-bond acceptors (Lipinski definition) is 14. The topological polar surface area (TPSA) is 255 Å². The Balaban J connectivity index is -0.000000274. The van der Waals surface area contributed by atoms with Crippen molar-refractivity contribution in [1.29, 1.82) is 0 Å². The molecule has 1 aliphatic rings. The van der Waals surface area contributed by atoms with E-state index in [9.17, 15) is 52.7 Å². The molecule has 0 fully saturated rings. The average Bonchev–Trinajstić information content (AvgIpc) is 2.91. The van der Waals surface area contributed by atoms with Crippen molar-refractivity contribution in [2.24, 2.45) is 0 Å². The molecule has 14 nitrogen and oxygen atoms in total. The van der Waals surface area contributed by atoms with Crippen molar-refractivity contribution in [2.45, 2.75) is 47.7 Å². The van der Waals surface area contributed by atoms with Gasteiger partial charge in [0.15, 0.2) is 40.5 Å². The Labute approximate surface area is 306 Å². The molecule has 0 aliphatic heterocycles. The van der Waals surface area contributed by atoms with Crippen LogP contribution in [-0.4, -0.2) is 83.9 Å². The Morgan fingerprint density at radius 2 is 0.585 bits per heavy atom. The summed E-state index contributed by atoms with van der Waals surface area (Å²) in [7, 11) is -24.4. The Morgan fingerprint density at radius 3 is 0.698 bits per heavy atom. The van der Waals surface area contributed by atoms with Crippen molar-refractivity contribution in [3.8, 4) is 11.4 Å². The van der Waals surface area contributed by atoms with E-state index in [1.165, 1.54) is 25.7 Å². The molecule has 0 atom stereocenters. The van der Waals surface area contributed by atoms with Gasteiger partial charge in [0, 0.05) is 12.4 Å². The molecule has 0 amide bonds. The van der Waals surface area contributed by atoms with E-state index in [2.05, 4.69) is 34.3 Å². The number of hydrogen-bond donors (Lipinski definition) is 0. The standard InChI is InChI=1S/C10H8N2.C8H12.4CHF3O3S.Ir/c1-3-7-11-9(5-1)10-6-2-4-8-12-10;1-2-4-6-8-7-5-3-1;4*2-1(3,4)8(5,6)7;/h1-8H;1-2,7-8H,3-6H2;4*(H,5,6,7);/q;;;;;;+4/p-4/b;2-1-,8-7-;;;;;. The number of halogens is 12. The minimum absolute atomic E-state index is 0. The molecule has 0 N–H and O–H groups in total. The van der Waals surface area contributed by atoms with Crippen LogP contribution in [-0.2, 0) is 60.6 Å². The van der Waals surface area contributed by atoms with Gasteiger partial charge in [0.05, 0.1) is 11.4 Å². The maximum Gasteiger partial charge on any atom is 4.00 e. The largest absolute Gasteiger partial charge is 4.00 e. The molecule has 31 heteroatoms. The molecule has 1 radical (unpaired) electrons. The van der Waals surface area contributed by atoms with Gasteiger partial charge in [-0.25, -0.2) is 33.7 Å². The van der Waals surface area contributed by atoms with Crippen LogP contribution in [0.5, 0.6) is 0 Å². The van der Waals surface area contributed by atoms with Gasteiger partial charge in [0.2, 0.25) is 0 Å². The third-order valence-corrected chi connectivity index (χ3v) is 6.33. The second-order valence-corrected chi connectivity index (χ2v) is 13.6. The van der Waals surface area contributed by atoms with Gasteiger partial charge in [-0.2, -0.15) is 52.7 Å². The molecule has 3 rings (SSSR count). The summed E-state index contributed by atoms with van der Waals surface area (Å²) in [6.45, 7) is 0. The van der Waals surface area contributed by atoms with Crippen molar-refractivity contribution in [2.75, 3.05) is 0 Å². The summed E-state index contributed by atoms with van der Waals surface area (Å²) in [5.41, 5.74) is -20.8. The minimum atomic E-state index is -6.09. The van der Waals surface area contributed by atoms with Gasteiger partial charge in [-0.3, -0.25) is 9.97 Å². The van der Waals surface area contributed by atoms with Crippen LogP contribution in [0.4, 0.5) is 52.7 Å². The van der Waals surface area contributed by atoms with E-state index in [1.54, 1.807) is 12.4 Å². The first-order valence-electron chi connectivity index (χ1n) is 12.2. The van der Waals surface area contributed by atoms with E-state index in [4.69, 9.17) is 51.9 Å². The molecule has 2 heterocycles. The van der Waals surface area contributed by atoms with E-state index in [-0.39, 0.29) is 20.1 Å². The molecule has 0 saturated heterocycles. The third-order valence-electron chi connectivity index (χ3n) is 4.06. The van der Waals surface area contributed by atoms with Gasteiger partial charge >= 0.3 is 42.1 Å². The minimum Gasteiger partial charge on any atom is -0.741 e. The van der Waals surface area contributed by atoms with Gasteiger partial charge in [0.25, 0.3) is 0 Å². The summed E-state index contributed by atoms with van der Waals surface area (Å²) in [4.78, 5) is 8.37. The number of rotatable bonds is 1. The number of pyridine rings is 2. The van der Waals surface area contributed by atoms with Crippen molar-refractivity contribution in [3.63, 3.8) is 0 Å².